The number of unbranched alkanes of at least 4 members (excludes halogenated alkanes) is 41. The molecule has 6 heteroatoms. The molecule has 0 aromatic heterocycles. The zero-order valence-corrected chi connectivity index (χ0v) is 41.9. The van der Waals surface area contributed by atoms with Crippen molar-refractivity contribution in [3.8, 4) is 0 Å². The highest BCUT2D eigenvalue weighted by Gasteiger charge is 2.28. The third-order valence-corrected chi connectivity index (χ3v) is 13.5. The van der Waals surface area contributed by atoms with Gasteiger partial charge in [-0.3, -0.25) is 4.79 Å². The molecule has 6 nitrogen and oxygen atoms in total. The van der Waals surface area contributed by atoms with Crippen molar-refractivity contribution in [2.45, 2.75) is 334 Å². The molecule has 4 unspecified atom stereocenters. The second kappa shape index (κ2) is 51.0. The number of aliphatic hydroxyl groups is 4. The first-order valence-electron chi connectivity index (χ1n) is 28.1. The minimum Gasteiger partial charge on any atom is -0.394 e. The molecule has 0 heterocycles. The summed E-state index contributed by atoms with van der Waals surface area (Å²) < 4.78 is 0. The fraction of sp³-hybridized carbons (Fsp3) is 0.946. The molecule has 0 spiro atoms. The molecule has 370 valence electrons. The molecule has 0 radical (unpaired) electrons. The van der Waals surface area contributed by atoms with Crippen LogP contribution in [0.3, 0.4) is 0 Å². The fourth-order valence-corrected chi connectivity index (χ4v) is 9.06. The lowest BCUT2D eigenvalue weighted by Gasteiger charge is -2.27. The molecule has 0 fully saturated rings. The van der Waals surface area contributed by atoms with Gasteiger partial charge in [-0.25, -0.2) is 0 Å². The maximum absolute atomic E-state index is 12.5. The number of amides is 1. The lowest BCUT2D eigenvalue weighted by Crippen LogP contribution is -2.53. The number of carbonyl (C=O) groups excluding carboxylic acids is 1. The Morgan fingerprint density at radius 3 is 0.968 bits per heavy atom. The van der Waals surface area contributed by atoms with Crippen molar-refractivity contribution in [1.29, 1.82) is 0 Å². The molecule has 4 atom stereocenters. The van der Waals surface area contributed by atoms with Gasteiger partial charge in [-0.05, 0) is 38.5 Å². The standard InChI is InChI=1S/C56H111NO5/c1-3-5-7-9-11-13-15-17-19-20-21-22-23-24-25-26-27-28-29-30-31-32-33-34-36-37-39-41-43-45-47-49-53(59)55(61)52(51-58)57-56(62)54(60)50-48-46-44-42-40-38-35-18-16-14-12-10-8-6-4-2/h41,43,52-55,58-61H,3-40,42,44-51H2,1-2H3,(H,57,62)/b43-41+. The molecule has 0 aromatic rings. The molecule has 0 aliphatic carbocycles. The van der Waals surface area contributed by atoms with E-state index in [2.05, 4.69) is 31.3 Å². The molecule has 1 amide bonds. The maximum atomic E-state index is 12.5. The van der Waals surface area contributed by atoms with E-state index in [-0.39, 0.29) is 0 Å². The van der Waals surface area contributed by atoms with Crippen molar-refractivity contribution < 1.29 is 25.2 Å². The predicted octanol–water partition coefficient (Wildman–Crippen LogP) is 16.1. The van der Waals surface area contributed by atoms with Crippen LogP contribution in [-0.2, 0) is 4.79 Å². The van der Waals surface area contributed by atoms with Gasteiger partial charge in [0.25, 0.3) is 0 Å². The molecule has 5 N–H and O–H groups in total. The van der Waals surface area contributed by atoms with Gasteiger partial charge in [0, 0.05) is 0 Å². The van der Waals surface area contributed by atoms with Crippen LogP contribution >= 0.6 is 0 Å². The summed E-state index contributed by atoms with van der Waals surface area (Å²) in [6.07, 6.45) is 60.1. The first-order chi connectivity index (χ1) is 30.5. The van der Waals surface area contributed by atoms with Crippen LogP contribution in [0.4, 0.5) is 0 Å². The van der Waals surface area contributed by atoms with Gasteiger partial charge in [0.1, 0.15) is 12.2 Å². The molecular weight excluding hydrogens is 767 g/mol. The van der Waals surface area contributed by atoms with Crippen molar-refractivity contribution in [3.63, 3.8) is 0 Å². The fourth-order valence-electron chi connectivity index (χ4n) is 9.06. The van der Waals surface area contributed by atoms with E-state index in [1.165, 1.54) is 244 Å². The van der Waals surface area contributed by atoms with Crippen molar-refractivity contribution >= 4 is 5.91 Å². The van der Waals surface area contributed by atoms with E-state index in [0.29, 0.717) is 12.8 Å². The van der Waals surface area contributed by atoms with Gasteiger partial charge in [-0.2, -0.15) is 0 Å². The zero-order chi connectivity index (χ0) is 45.2. The summed E-state index contributed by atoms with van der Waals surface area (Å²) in [7, 11) is 0. The zero-order valence-electron chi connectivity index (χ0n) is 41.9. The second-order valence-electron chi connectivity index (χ2n) is 19.6. The monoisotopic (exact) mass is 878 g/mol. The van der Waals surface area contributed by atoms with Crippen LogP contribution in [0.2, 0.25) is 0 Å². The topological polar surface area (TPSA) is 110 Å². The number of aliphatic hydroxyl groups excluding tert-OH is 4. The third kappa shape index (κ3) is 44.3. The molecule has 0 saturated carbocycles. The third-order valence-electron chi connectivity index (χ3n) is 13.5. The highest BCUT2D eigenvalue weighted by Crippen LogP contribution is 2.18. The van der Waals surface area contributed by atoms with E-state index >= 15 is 0 Å². The van der Waals surface area contributed by atoms with Crippen molar-refractivity contribution in [1.82, 2.24) is 5.32 Å². The average molecular weight is 879 g/mol. The summed E-state index contributed by atoms with van der Waals surface area (Å²) in [5.41, 5.74) is 0. The van der Waals surface area contributed by atoms with Gasteiger partial charge in [-0.15, -0.1) is 0 Å². The van der Waals surface area contributed by atoms with Gasteiger partial charge in [0.15, 0.2) is 0 Å². The van der Waals surface area contributed by atoms with Crippen molar-refractivity contribution in [2.75, 3.05) is 6.61 Å². The molecule has 0 aliphatic rings. The van der Waals surface area contributed by atoms with Crippen LogP contribution in [0, 0.1) is 0 Å². The summed E-state index contributed by atoms with van der Waals surface area (Å²) >= 11 is 0. The minimum absolute atomic E-state index is 0.368. The van der Waals surface area contributed by atoms with E-state index in [1.54, 1.807) is 0 Å². The molecule has 62 heavy (non-hydrogen) atoms. The van der Waals surface area contributed by atoms with Crippen LogP contribution in [0.1, 0.15) is 309 Å². The normalized spacial score (nSPS) is 13.8. The van der Waals surface area contributed by atoms with E-state index in [0.717, 1.165) is 38.5 Å². The number of hydrogen-bond acceptors (Lipinski definition) is 5. The smallest absolute Gasteiger partial charge is 0.249 e. The lowest BCUT2D eigenvalue weighted by molar-refractivity contribution is -0.132. The van der Waals surface area contributed by atoms with E-state index < -0.39 is 36.9 Å². The Labute approximate surface area is 387 Å². The predicted molar refractivity (Wildman–Crippen MR) is 270 cm³/mol. The summed E-state index contributed by atoms with van der Waals surface area (Å²) in [6, 6.07) is -0.998. The van der Waals surface area contributed by atoms with Crippen LogP contribution in [0.15, 0.2) is 12.2 Å². The Hall–Kier alpha value is -0.950. The van der Waals surface area contributed by atoms with Gasteiger partial charge >= 0.3 is 0 Å². The van der Waals surface area contributed by atoms with Gasteiger partial charge < -0.3 is 25.7 Å². The molecule has 0 rings (SSSR count). The molecule has 0 aliphatic heterocycles. The molecular formula is C56H111NO5. The number of rotatable bonds is 52. The first kappa shape index (κ1) is 61.0. The van der Waals surface area contributed by atoms with Crippen LogP contribution in [0.25, 0.3) is 0 Å². The highest BCUT2D eigenvalue weighted by molar-refractivity contribution is 5.80. The molecule has 0 aromatic carbocycles. The maximum Gasteiger partial charge on any atom is 0.249 e. The highest BCUT2D eigenvalue weighted by atomic mass is 16.3. The van der Waals surface area contributed by atoms with Crippen molar-refractivity contribution in [3.05, 3.63) is 12.2 Å². The molecule has 0 bridgehead atoms. The number of hydrogen-bond donors (Lipinski definition) is 5. The van der Waals surface area contributed by atoms with Gasteiger partial charge in [0.2, 0.25) is 5.91 Å². The summed E-state index contributed by atoms with van der Waals surface area (Å²) in [6.45, 7) is 4.07. The lowest BCUT2D eigenvalue weighted by atomic mass is 10.00. The summed E-state index contributed by atoms with van der Waals surface area (Å²) in [4.78, 5) is 12.5. The largest absolute Gasteiger partial charge is 0.394 e. The Kier molecular flexibility index (Phi) is 50.3. The van der Waals surface area contributed by atoms with Gasteiger partial charge in [-0.1, -0.05) is 283 Å². The Morgan fingerprint density at radius 1 is 0.387 bits per heavy atom. The molecule has 0 saturated heterocycles. The van der Waals surface area contributed by atoms with E-state index in [1.807, 2.05) is 0 Å². The van der Waals surface area contributed by atoms with Crippen LogP contribution in [-0.4, -0.2) is 57.3 Å². The van der Waals surface area contributed by atoms with Gasteiger partial charge in [0.05, 0.1) is 18.8 Å². The summed E-state index contributed by atoms with van der Waals surface area (Å²) in [5, 5.41) is 43.9. The number of allylic oxidation sites excluding steroid dienone is 2. The van der Waals surface area contributed by atoms with Crippen molar-refractivity contribution in [2.24, 2.45) is 0 Å². The SMILES string of the molecule is CCCCCCCCCCCCCCCCCCCCCCCCCCCC/C=C/CCCC(O)C(O)C(CO)NC(=O)C(O)CCCCCCCCCCCCCCCCC. The Bertz CT molecular complexity index is 898. The van der Waals surface area contributed by atoms with Crippen LogP contribution in [0.5, 0.6) is 0 Å². The van der Waals surface area contributed by atoms with E-state index in [4.69, 9.17) is 0 Å². The first-order valence-corrected chi connectivity index (χ1v) is 28.1. The Balaban J connectivity index is 3.58. The minimum atomic E-state index is -1.28. The number of nitrogens with one attached hydrogen (secondary N) is 1. The summed E-state index contributed by atoms with van der Waals surface area (Å²) in [5.74, 6) is -0.588. The number of carbonyl (C=O) groups is 1. The Morgan fingerprint density at radius 2 is 0.661 bits per heavy atom. The average Bonchev–Trinajstić information content (AvgIpc) is 3.28. The van der Waals surface area contributed by atoms with E-state index in [9.17, 15) is 25.2 Å². The van der Waals surface area contributed by atoms with Crippen LogP contribution < -0.4 is 5.32 Å². The quantitative estimate of drug-likeness (QED) is 0.0309. The second-order valence-corrected chi connectivity index (χ2v) is 19.6.